The second-order valence-electron chi connectivity index (χ2n) is 51.2. The van der Waals surface area contributed by atoms with Crippen LogP contribution >= 0.6 is 0 Å². The van der Waals surface area contributed by atoms with Crippen molar-refractivity contribution >= 4 is 53.5 Å². The van der Waals surface area contributed by atoms with Crippen LogP contribution in [0.3, 0.4) is 0 Å². The van der Waals surface area contributed by atoms with Crippen molar-refractivity contribution in [1.29, 1.82) is 0 Å². The lowest BCUT2D eigenvalue weighted by molar-refractivity contribution is -0.282. The fraction of sp³-hybridized carbons (Fsp3) is 0.924. The van der Waals surface area contributed by atoms with Crippen LogP contribution in [0.25, 0.3) is 0 Å². The molecule has 4 saturated heterocycles. The number of unbranched alkanes of at least 4 members (excludes halogenated alkanes) is 15. The van der Waals surface area contributed by atoms with Gasteiger partial charge in [0, 0.05) is 166 Å². The SMILES string of the molecule is CCCCN(CCCC)c1nc(N(CCCC)CCCC)nc(N(CCCCCCN(c2nc(N(CCCC)C3CC(C)(C)C(OCCC)C(C)(C)C3)nc(N(CCCCCCN(c3nc(N(CCCC)CCCC)nc(N(CCCC)CCCC)n3)C3CC(C)(C)N(OCCC)C(C)(C)C3)C3CC(C)(C)N(OCCC)C(C)(C)C3)n2)C2CC(C)(C)N(OCCC)C(C)(C)C2)C2CC(C)(C)N(OCCC)C(C)(C)C2)n1. The van der Waals surface area contributed by atoms with E-state index < -0.39 is 0 Å². The van der Waals surface area contributed by atoms with Crippen LogP contribution in [0.2, 0.25) is 0 Å². The number of ether oxygens (including phenoxy) is 1. The molecule has 0 radical (unpaired) electrons. The van der Waals surface area contributed by atoms with Gasteiger partial charge in [0.1, 0.15) is 0 Å². The topological polar surface area (TPSA) is 204 Å². The summed E-state index contributed by atoms with van der Waals surface area (Å²) >= 11 is 0. The van der Waals surface area contributed by atoms with E-state index in [0.29, 0.717) is 26.4 Å². The van der Waals surface area contributed by atoms with Crippen molar-refractivity contribution in [2.45, 2.75) is 579 Å². The van der Waals surface area contributed by atoms with Gasteiger partial charge in [-0.3, -0.25) is 19.4 Å². The zero-order valence-electron chi connectivity index (χ0n) is 101. The monoisotopic (exact) mass is 2030 g/mol. The molecule has 0 aromatic carbocycles. The van der Waals surface area contributed by atoms with Crippen LogP contribution < -0.4 is 44.1 Å². The van der Waals surface area contributed by atoms with Crippen LogP contribution in [0.5, 0.6) is 0 Å². The van der Waals surface area contributed by atoms with E-state index >= 15 is 0 Å². The zero-order chi connectivity index (χ0) is 107. The highest BCUT2D eigenvalue weighted by atomic mass is 16.7. The van der Waals surface area contributed by atoms with Crippen molar-refractivity contribution in [1.82, 2.24) is 65.1 Å². The first-order valence-electron chi connectivity index (χ1n) is 60.2. The van der Waals surface area contributed by atoms with E-state index in [1.807, 2.05) is 0 Å². The standard InChI is InChI=1S/C118H226N22O5/c1-35-49-66-128(67-50-36-2)100-119-101(129(68-51-37-3)69-52-38-4)122-104(121-100)133(95-86-111(19,20)137(142-80-45-11)112(21,22)87-95)75-62-58-60-64-77-135(97-90-115(27,28)139(144-82-47-13)116(29,30)91-97)107-125-106(132(74-57-43-9)94-84-109(15,16)99(141-79-44-10)110(17,18)85-94)126-108(127-107)136(98-92-117(31,32)140(145-83-48-14)118(33,34)93-98)78-65-61-59-63-76-134(96-88-113(23,24)138(143-81-46-12)114(25,26)89-96)105-123-102(130(70-53-39-5)71-54-40-6)120-103(124-105)131(72-55-41-7)73-56-42-8/h94-99H,35-93H2,1-34H3. The Morgan fingerprint density at radius 1 is 0.193 bits per heavy atom. The predicted octanol–water partition coefficient (Wildman–Crippen LogP) is 27.7. The molecule has 145 heavy (non-hydrogen) atoms. The van der Waals surface area contributed by atoms with Crippen molar-refractivity contribution in [2.24, 2.45) is 10.8 Å². The number of aromatic nitrogens is 9. The van der Waals surface area contributed by atoms with Crippen LogP contribution in [0, 0.1) is 10.8 Å². The highest BCUT2D eigenvalue weighted by molar-refractivity contribution is 5.52. The predicted molar refractivity (Wildman–Crippen MR) is 614 cm³/mol. The van der Waals surface area contributed by atoms with E-state index in [-0.39, 0.29) is 91.5 Å². The Hall–Kier alpha value is -5.13. The summed E-state index contributed by atoms with van der Waals surface area (Å²) in [5.41, 5.74) is -2.66. The molecule has 0 spiro atoms. The summed E-state index contributed by atoms with van der Waals surface area (Å²) in [7, 11) is 0. The van der Waals surface area contributed by atoms with E-state index in [1.165, 1.54) is 0 Å². The van der Waals surface area contributed by atoms with Crippen LogP contribution in [-0.2, 0) is 24.1 Å². The molecule has 1 saturated carbocycles. The van der Waals surface area contributed by atoms with Crippen molar-refractivity contribution in [3.8, 4) is 0 Å². The zero-order valence-corrected chi connectivity index (χ0v) is 101. The molecular weight excluding hydrogens is 1810 g/mol. The third-order valence-electron chi connectivity index (χ3n) is 31.9. The Labute approximate surface area is 890 Å². The van der Waals surface area contributed by atoms with Crippen molar-refractivity contribution in [3.05, 3.63) is 0 Å². The highest BCUT2D eigenvalue weighted by Crippen LogP contribution is 2.52. The maximum atomic E-state index is 7.04. The molecule has 8 rings (SSSR count). The molecule has 3 aromatic rings. The summed E-state index contributed by atoms with van der Waals surface area (Å²) in [5.74, 6) is 7.39. The third-order valence-corrected chi connectivity index (χ3v) is 31.9. The molecule has 5 fully saturated rings. The number of hydroxylamine groups is 8. The van der Waals surface area contributed by atoms with E-state index in [4.69, 9.17) is 68.9 Å². The number of anilines is 9. The molecule has 838 valence electrons. The largest absolute Gasteiger partial charge is 0.377 e. The summed E-state index contributed by atoms with van der Waals surface area (Å²) < 4.78 is 7.04. The Balaban J connectivity index is 1.31. The minimum Gasteiger partial charge on any atom is -0.377 e. The molecule has 27 heteroatoms. The summed E-state index contributed by atoms with van der Waals surface area (Å²) in [6.07, 6.45) is 41.5. The van der Waals surface area contributed by atoms with Gasteiger partial charge >= 0.3 is 0 Å². The second-order valence-corrected chi connectivity index (χ2v) is 51.2. The average Bonchev–Trinajstić information content (AvgIpc) is 0.753. The quantitative estimate of drug-likeness (QED) is 0.0482. The van der Waals surface area contributed by atoms with Gasteiger partial charge in [-0.2, -0.15) is 65.1 Å². The van der Waals surface area contributed by atoms with E-state index in [9.17, 15) is 0 Å². The number of hydrogen-bond acceptors (Lipinski definition) is 27. The molecule has 7 heterocycles. The lowest BCUT2D eigenvalue weighted by Gasteiger charge is -2.56. The minimum absolute atomic E-state index is 0.0643. The lowest BCUT2D eigenvalue weighted by Crippen LogP contribution is -2.64. The van der Waals surface area contributed by atoms with E-state index in [0.717, 1.165) is 408 Å². The Kier molecular flexibility index (Phi) is 50.7. The molecule has 0 amide bonds. The van der Waals surface area contributed by atoms with Crippen molar-refractivity contribution < 1.29 is 24.1 Å². The first kappa shape index (κ1) is 125. The maximum absolute atomic E-state index is 7.04. The number of piperidine rings is 4. The molecule has 0 bridgehead atoms. The van der Waals surface area contributed by atoms with Gasteiger partial charge in [0.2, 0.25) is 53.5 Å². The van der Waals surface area contributed by atoms with Crippen molar-refractivity contribution in [2.75, 3.05) is 162 Å². The van der Waals surface area contributed by atoms with Crippen LogP contribution in [0.4, 0.5) is 53.5 Å². The van der Waals surface area contributed by atoms with Gasteiger partial charge in [0.15, 0.2) is 0 Å². The average molecular weight is 2030 g/mol. The van der Waals surface area contributed by atoms with Gasteiger partial charge in [0.05, 0.1) is 32.5 Å². The smallest absolute Gasteiger partial charge is 0.232 e. The van der Waals surface area contributed by atoms with Crippen molar-refractivity contribution in [3.63, 3.8) is 0 Å². The first-order chi connectivity index (χ1) is 68.8. The third kappa shape index (κ3) is 35.5. The Morgan fingerprint density at radius 3 is 0.531 bits per heavy atom. The fourth-order valence-corrected chi connectivity index (χ4v) is 26.0. The molecule has 4 aliphatic heterocycles. The van der Waals surface area contributed by atoms with E-state index in [2.05, 4.69) is 300 Å². The summed E-state index contributed by atoms with van der Waals surface area (Å²) in [5, 5.41) is 9.44. The molecule has 1 aliphatic carbocycles. The minimum atomic E-state index is -0.334. The molecule has 0 atom stereocenters. The molecule has 0 unspecified atom stereocenters. The summed E-state index contributed by atoms with van der Waals surface area (Å²) in [6.45, 7) is 95.4. The second kappa shape index (κ2) is 58.8. The van der Waals surface area contributed by atoms with Gasteiger partial charge in [-0.05, 0) is 301 Å². The number of hydrogen-bond donors (Lipinski definition) is 0. The normalized spacial score (nSPS) is 20.6. The molecular formula is C118H226N22O5. The Morgan fingerprint density at radius 2 is 0.352 bits per heavy atom. The van der Waals surface area contributed by atoms with Gasteiger partial charge in [-0.1, -0.05) is 208 Å². The van der Waals surface area contributed by atoms with Gasteiger partial charge in [-0.15, -0.1) is 0 Å². The molecule has 3 aromatic heterocycles. The number of nitrogens with zero attached hydrogens (tertiary/aromatic N) is 22. The van der Waals surface area contributed by atoms with Gasteiger partial charge in [0.25, 0.3) is 0 Å². The van der Waals surface area contributed by atoms with E-state index in [1.54, 1.807) is 0 Å². The molecule has 27 nitrogen and oxygen atoms in total. The Bertz CT molecular complexity index is 3690. The van der Waals surface area contributed by atoms with Crippen LogP contribution in [0.15, 0.2) is 0 Å². The fourth-order valence-electron chi connectivity index (χ4n) is 26.0. The maximum Gasteiger partial charge on any atom is 0.232 e. The van der Waals surface area contributed by atoms with Gasteiger partial charge in [-0.25, -0.2) is 0 Å². The molecule has 0 N–H and O–H groups in total. The summed E-state index contributed by atoms with van der Waals surface area (Å²) in [6, 6.07) is 0.568. The number of rotatable bonds is 70. The van der Waals surface area contributed by atoms with Crippen LogP contribution in [-0.4, -0.2) is 264 Å². The van der Waals surface area contributed by atoms with Gasteiger partial charge < -0.3 is 48.8 Å². The summed E-state index contributed by atoms with van der Waals surface area (Å²) in [4.78, 5) is 104. The lowest BCUT2D eigenvalue weighted by atomic mass is 9.60. The van der Waals surface area contributed by atoms with Crippen LogP contribution in [0.1, 0.15) is 499 Å². The first-order valence-corrected chi connectivity index (χ1v) is 60.2. The highest BCUT2D eigenvalue weighted by Gasteiger charge is 2.56. The molecule has 5 aliphatic rings.